The summed E-state index contributed by atoms with van der Waals surface area (Å²) in [6.07, 6.45) is 3.12. The van der Waals surface area contributed by atoms with Crippen LogP contribution in [0.2, 0.25) is 5.02 Å². The highest BCUT2D eigenvalue weighted by atomic mass is 35.5. The molecule has 0 aliphatic heterocycles. The second-order valence-electron chi connectivity index (χ2n) is 9.12. The molecule has 0 radical (unpaired) electrons. The Balaban J connectivity index is 1.46. The number of likely N-dealkylation sites (N-methyl/N-ethyl adjacent to an activating group) is 2. The molecule has 1 heterocycles. The number of nitrogens with two attached hydrogens (primary N) is 1. The lowest BCUT2D eigenvalue weighted by atomic mass is 10.1. The fourth-order valence-electron chi connectivity index (χ4n) is 3.57. The summed E-state index contributed by atoms with van der Waals surface area (Å²) in [6, 6.07) is 17.3. The fraction of sp³-hybridized carbons (Fsp3) is 0.214. The van der Waals surface area contributed by atoms with Crippen LogP contribution in [0.5, 0.6) is 5.75 Å². The molecule has 0 unspecified atom stereocenters. The molecule has 202 valence electrons. The van der Waals surface area contributed by atoms with E-state index in [1.807, 2.05) is 50.3 Å². The SMILES string of the molecule is CN(C)CCN(C)C(N)=NN=Cc1ccc2ncnc(Nc3ccc(OCc4cccc(F)c4)c(Cl)c3)c2c1. The van der Waals surface area contributed by atoms with Gasteiger partial charge >= 0.3 is 0 Å². The van der Waals surface area contributed by atoms with Crippen molar-refractivity contribution in [1.29, 1.82) is 0 Å². The van der Waals surface area contributed by atoms with E-state index >= 15 is 0 Å². The maximum Gasteiger partial charge on any atom is 0.216 e. The number of hydrogen-bond acceptors (Lipinski definition) is 7. The molecule has 0 atom stereocenters. The van der Waals surface area contributed by atoms with E-state index in [1.54, 1.807) is 30.5 Å². The van der Waals surface area contributed by atoms with Crippen LogP contribution < -0.4 is 15.8 Å². The lowest BCUT2D eigenvalue weighted by molar-refractivity contribution is 0.306. The number of aromatic nitrogens is 2. The van der Waals surface area contributed by atoms with Gasteiger partial charge in [-0.1, -0.05) is 29.8 Å². The Hall–Kier alpha value is -4.28. The summed E-state index contributed by atoms with van der Waals surface area (Å²) in [7, 11) is 5.88. The number of hydrogen-bond donors (Lipinski definition) is 2. The zero-order valence-electron chi connectivity index (χ0n) is 22.0. The largest absolute Gasteiger partial charge is 0.487 e. The van der Waals surface area contributed by atoms with E-state index in [2.05, 4.69) is 30.4 Å². The first-order valence-corrected chi connectivity index (χ1v) is 12.6. The number of anilines is 2. The van der Waals surface area contributed by atoms with E-state index in [9.17, 15) is 4.39 Å². The molecule has 0 aliphatic carbocycles. The highest BCUT2D eigenvalue weighted by Gasteiger charge is 2.09. The van der Waals surface area contributed by atoms with Gasteiger partial charge in [0.05, 0.1) is 16.8 Å². The Morgan fingerprint density at radius 3 is 2.69 bits per heavy atom. The molecule has 0 spiro atoms. The summed E-state index contributed by atoms with van der Waals surface area (Å²) in [5, 5.41) is 12.7. The third kappa shape index (κ3) is 7.86. The van der Waals surface area contributed by atoms with Gasteiger partial charge in [0.15, 0.2) is 0 Å². The van der Waals surface area contributed by atoms with Gasteiger partial charge in [-0.25, -0.2) is 14.4 Å². The molecule has 9 nitrogen and oxygen atoms in total. The number of ether oxygens (including phenoxy) is 1. The molecule has 0 aliphatic rings. The molecule has 0 saturated heterocycles. The van der Waals surface area contributed by atoms with Gasteiger partial charge in [0, 0.05) is 31.2 Å². The van der Waals surface area contributed by atoms with E-state index in [-0.39, 0.29) is 12.4 Å². The van der Waals surface area contributed by atoms with E-state index in [0.29, 0.717) is 28.1 Å². The summed E-state index contributed by atoms with van der Waals surface area (Å²) in [4.78, 5) is 12.7. The molecule has 0 bridgehead atoms. The molecule has 39 heavy (non-hydrogen) atoms. The molecule has 4 aromatic rings. The average molecular weight is 549 g/mol. The van der Waals surface area contributed by atoms with Gasteiger partial charge in [0.1, 0.15) is 30.3 Å². The Labute approximate surface area is 231 Å². The molecular weight excluding hydrogens is 519 g/mol. The number of halogens is 2. The third-order valence-electron chi connectivity index (χ3n) is 5.78. The summed E-state index contributed by atoms with van der Waals surface area (Å²) in [5.41, 5.74) is 9.03. The van der Waals surface area contributed by atoms with Crippen LogP contribution in [0, 0.1) is 5.82 Å². The number of fused-ring (bicyclic) bond motifs is 1. The van der Waals surface area contributed by atoms with Gasteiger partial charge in [-0.05, 0) is 67.7 Å². The molecule has 0 saturated carbocycles. The summed E-state index contributed by atoms with van der Waals surface area (Å²) in [5.74, 6) is 1.11. The topological polar surface area (TPSA) is 104 Å². The van der Waals surface area contributed by atoms with Gasteiger partial charge in [-0.15, -0.1) is 5.10 Å². The summed E-state index contributed by atoms with van der Waals surface area (Å²) < 4.78 is 19.2. The van der Waals surface area contributed by atoms with Crippen LogP contribution in [-0.4, -0.2) is 66.2 Å². The Morgan fingerprint density at radius 1 is 1.08 bits per heavy atom. The van der Waals surface area contributed by atoms with Crippen LogP contribution in [0.25, 0.3) is 10.9 Å². The highest BCUT2D eigenvalue weighted by molar-refractivity contribution is 6.32. The molecule has 1 aromatic heterocycles. The Kier molecular flexibility index (Phi) is 9.24. The quantitative estimate of drug-likeness (QED) is 0.165. The van der Waals surface area contributed by atoms with E-state index < -0.39 is 0 Å². The van der Waals surface area contributed by atoms with E-state index in [1.165, 1.54) is 18.5 Å². The molecule has 3 N–H and O–H groups in total. The fourth-order valence-corrected chi connectivity index (χ4v) is 3.81. The van der Waals surface area contributed by atoms with Gasteiger partial charge in [-0.3, -0.25) is 0 Å². The molecule has 4 rings (SSSR count). The summed E-state index contributed by atoms with van der Waals surface area (Å²) in [6.45, 7) is 1.80. The molecule has 0 amide bonds. The number of nitrogens with zero attached hydrogens (tertiary/aromatic N) is 6. The zero-order valence-corrected chi connectivity index (χ0v) is 22.7. The molecule has 11 heteroatoms. The van der Waals surface area contributed by atoms with Crippen LogP contribution in [0.1, 0.15) is 11.1 Å². The van der Waals surface area contributed by atoms with Crippen molar-refractivity contribution in [2.24, 2.45) is 15.9 Å². The zero-order chi connectivity index (χ0) is 27.8. The first-order valence-electron chi connectivity index (χ1n) is 12.2. The van der Waals surface area contributed by atoms with Crippen molar-refractivity contribution >= 4 is 46.2 Å². The molecule has 0 fully saturated rings. The second-order valence-corrected chi connectivity index (χ2v) is 9.52. The first kappa shape index (κ1) is 27.7. The minimum atomic E-state index is -0.312. The van der Waals surface area contributed by atoms with Crippen molar-refractivity contribution in [1.82, 2.24) is 19.8 Å². The van der Waals surface area contributed by atoms with Gasteiger partial charge < -0.3 is 25.6 Å². The highest BCUT2D eigenvalue weighted by Crippen LogP contribution is 2.31. The number of benzene rings is 3. The Bertz CT molecular complexity index is 1490. The predicted molar refractivity (Wildman–Crippen MR) is 155 cm³/mol. The smallest absolute Gasteiger partial charge is 0.216 e. The van der Waals surface area contributed by atoms with Crippen LogP contribution in [0.3, 0.4) is 0 Å². The average Bonchev–Trinajstić information content (AvgIpc) is 2.91. The predicted octanol–water partition coefficient (Wildman–Crippen LogP) is 4.89. The second kappa shape index (κ2) is 13.0. The van der Waals surface area contributed by atoms with Crippen molar-refractivity contribution in [3.8, 4) is 5.75 Å². The van der Waals surface area contributed by atoms with E-state index in [4.69, 9.17) is 22.1 Å². The van der Waals surface area contributed by atoms with Crippen molar-refractivity contribution in [2.75, 3.05) is 39.5 Å². The van der Waals surface area contributed by atoms with Crippen LogP contribution in [0.15, 0.2) is 77.2 Å². The number of guanidine groups is 1. The van der Waals surface area contributed by atoms with Crippen molar-refractivity contribution in [3.05, 3.63) is 89.0 Å². The van der Waals surface area contributed by atoms with Crippen molar-refractivity contribution in [2.45, 2.75) is 6.61 Å². The normalized spacial score (nSPS) is 11.9. The maximum absolute atomic E-state index is 13.4. The van der Waals surface area contributed by atoms with Crippen LogP contribution >= 0.6 is 11.6 Å². The van der Waals surface area contributed by atoms with Gasteiger partial charge in [0.25, 0.3) is 0 Å². The molecule has 3 aromatic carbocycles. The van der Waals surface area contributed by atoms with Crippen molar-refractivity contribution in [3.63, 3.8) is 0 Å². The lowest BCUT2D eigenvalue weighted by Crippen LogP contribution is -2.38. The molecular formula is C28H30ClFN8O. The monoisotopic (exact) mass is 548 g/mol. The van der Waals surface area contributed by atoms with Crippen molar-refractivity contribution < 1.29 is 9.13 Å². The van der Waals surface area contributed by atoms with Gasteiger partial charge in [-0.2, -0.15) is 5.10 Å². The number of rotatable bonds is 10. The minimum Gasteiger partial charge on any atom is -0.487 e. The number of nitrogens with one attached hydrogen (secondary N) is 1. The first-order chi connectivity index (χ1) is 18.8. The Morgan fingerprint density at radius 2 is 1.92 bits per heavy atom. The standard InChI is InChI=1S/C28H30ClFN8O/c1-37(2)11-12-38(3)28(31)36-34-16-19-7-9-25-23(14-19)27(33-18-32-25)35-22-8-10-26(24(29)15-22)39-17-20-5-4-6-21(30)13-20/h4-10,13-16,18H,11-12,17H2,1-3H3,(H2,31,36)(H,32,33,35). The maximum atomic E-state index is 13.4. The lowest BCUT2D eigenvalue weighted by Gasteiger charge is -2.19. The van der Waals surface area contributed by atoms with Crippen LogP contribution in [-0.2, 0) is 6.61 Å². The third-order valence-corrected chi connectivity index (χ3v) is 6.07. The minimum absolute atomic E-state index is 0.202. The van der Waals surface area contributed by atoms with E-state index in [0.717, 1.165) is 35.2 Å². The van der Waals surface area contributed by atoms with Crippen LogP contribution in [0.4, 0.5) is 15.9 Å². The van der Waals surface area contributed by atoms with Gasteiger partial charge in [0.2, 0.25) is 5.96 Å². The summed E-state index contributed by atoms with van der Waals surface area (Å²) >= 11 is 6.46.